The molecule has 8 aromatic carbocycles. The molecule has 1 fully saturated rings. The highest BCUT2D eigenvalue weighted by molar-refractivity contribution is 6.07. The van der Waals surface area contributed by atoms with Crippen LogP contribution in [0.3, 0.4) is 0 Å². The van der Waals surface area contributed by atoms with Gasteiger partial charge in [0.05, 0.1) is 17.1 Å². The Kier molecular flexibility index (Phi) is 8.12. The average Bonchev–Trinajstić information content (AvgIpc) is 3.69. The minimum Gasteiger partial charge on any atom is -0.309 e. The fourth-order valence-electron chi connectivity index (χ4n) is 11.3. The van der Waals surface area contributed by atoms with Crippen molar-refractivity contribution in [2.24, 2.45) is 0 Å². The molecule has 0 spiro atoms. The normalized spacial score (nSPS) is 17.7. The van der Waals surface area contributed by atoms with Crippen molar-refractivity contribution in [1.29, 1.82) is 0 Å². The van der Waals surface area contributed by atoms with E-state index >= 15 is 0 Å². The van der Waals surface area contributed by atoms with Gasteiger partial charge in [-0.15, -0.1) is 0 Å². The molecule has 0 N–H and O–H groups in total. The van der Waals surface area contributed by atoms with Gasteiger partial charge in [0.25, 0.3) is 0 Å². The summed E-state index contributed by atoms with van der Waals surface area (Å²) in [6.45, 7) is 7.21. The maximum Gasteiger partial charge on any atom is 0.0543 e. The van der Waals surface area contributed by atoms with Gasteiger partial charge in [0, 0.05) is 27.5 Å². The zero-order chi connectivity index (χ0) is 39.0. The van der Waals surface area contributed by atoms with E-state index in [0.717, 1.165) is 0 Å². The fourth-order valence-corrected chi connectivity index (χ4v) is 11.3. The summed E-state index contributed by atoms with van der Waals surface area (Å²) in [6, 6.07) is 66.7. The molecule has 0 bridgehead atoms. The Morgan fingerprint density at radius 3 is 1.67 bits per heavy atom. The molecule has 282 valence electrons. The van der Waals surface area contributed by atoms with Crippen LogP contribution in [0.1, 0.15) is 92.2 Å². The maximum absolute atomic E-state index is 2.64. The van der Waals surface area contributed by atoms with Gasteiger partial charge in [-0.3, -0.25) is 0 Å². The summed E-state index contributed by atoms with van der Waals surface area (Å²) >= 11 is 0. The number of anilines is 3. The molecule has 11 rings (SSSR count). The van der Waals surface area contributed by atoms with Gasteiger partial charge >= 0.3 is 0 Å². The van der Waals surface area contributed by atoms with Gasteiger partial charge in [0.1, 0.15) is 0 Å². The maximum atomic E-state index is 2.64. The van der Waals surface area contributed by atoms with Crippen molar-refractivity contribution in [2.45, 2.75) is 69.6 Å². The van der Waals surface area contributed by atoms with E-state index in [4.69, 9.17) is 0 Å². The summed E-state index contributed by atoms with van der Waals surface area (Å²) in [5.41, 5.74) is 19.3. The lowest BCUT2D eigenvalue weighted by atomic mass is 9.74. The highest BCUT2D eigenvalue weighted by Gasteiger charge is 2.44. The van der Waals surface area contributed by atoms with Crippen LogP contribution in [0.15, 0.2) is 176 Å². The lowest BCUT2D eigenvalue weighted by molar-refractivity contribution is 0.445. The van der Waals surface area contributed by atoms with E-state index in [1.165, 1.54) is 127 Å². The minimum atomic E-state index is -0.313. The molecule has 1 heteroatoms. The summed E-state index contributed by atoms with van der Waals surface area (Å²) in [7, 11) is 0. The van der Waals surface area contributed by atoms with Crippen LogP contribution in [0.4, 0.5) is 17.1 Å². The van der Waals surface area contributed by atoms with Gasteiger partial charge in [-0.25, -0.2) is 0 Å². The van der Waals surface area contributed by atoms with E-state index in [-0.39, 0.29) is 10.8 Å². The van der Waals surface area contributed by atoms with Crippen molar-refractivity contribution in [3.63, 3.8) is 0 Å². The van der Waals surface area contributed by atoms with Crippen molar-refractivity contribution in [1.82, 2.24) is 0 Å². The van der Waals surface area contributed by atoms with Gasteiger partial charge in [-0.05, 0) is 105 Å². The van der Waals surface area contributed by atoms with E-state index in [0.29, 0.717) is 5.92 Å². The average molecular weight is 748 g/mol. The molecule has 58 heavy (non-hydrogen) atoms. The van der Waals surface area contributed by atoms with Crippen LogP contribution in [-0.2, 0) is 10.8 Å². The summed E-state index contributed by atoms with van der Waals surface area (Å²) in [6.07, 6.45) is 6.51. The fraction of sp³-hybridized carbons (Fsp3) is 0.193. The van der Waals surface area contributed by atoms with Crippen molar-refractivity contribution in [3.8, 4) is 33.4 Å². The number of fused-ring (bicyclic) bond motifs is 7. The molecular formula is C57H49N. The van der Waals surface area contributed by atoms with Crippen LogP contribution in [0.5, 0.6) is 0 Å². The van der Waals surface area contributed by atoms with Crippen LogP contribution in [0.25, 0.3) is 44.2 Å². The third-order valence-electron chi connectivity index (χ3n) is 14.2. The first-order chi connectivity index (χ1) is 28.5. The Hall–Kier alpha value is -6.18. The highest BCUT2D eigenvalue weighted by atomic mass is 15.2. The predicted octanol–water partition coefficient (Wildman–Crippen LogP) is 15.7. The van der Waals surface area contributed by atoms with Crippen LogP contribution in [0.2, 0.25) is 0 Å². The molecule has 0 radical (unpaired) electrons. The molecule has 0 saturated heterocycles. The van der Waals surface area contributed by atoms with Gasteiger partial charge in [-0.2, -0.15) is 0 Å². The molecule has 1 unspecified atom stereocenters. The first kappa shape index (κ1) is 35.0. The molecule has 1 atom stereocenters. The van der Waals surface area contributed by atoms with Crippen molar-refractivity contribution in [2.75, 3.05) is 4.90 Å². The number of rotatable bonds is 6. The quantitative estimate of drug-likeness (QED) is 0.164. The molecule has 3 aliphatic rings. The highest BCUT2D eigenvalue weighted by Crippen LogP contribution is 2.60. The smallest absolute Gasteiger partial charge is 0.0543 e. The Bertz CT molecular complexity index is 2870. The Morgan fingerprint density at radius 1 is 0.414 bits per heavy atom. The minimum absolute atomic E-state index is 0.130. The summed E-state index contributed by atoms with van der Waals surface area (Å²) < 4.78 is 0. The Labute approximate surface area is 343 Å². The predicted molar refractivity (Wildman–Crippen MR) is 245 cm³/mol. The molecule has 0 heterocycles. The number of hydrogen-bond donors (Lipinski definition) is 0. The van der Waals surface area contributed by atoms with Crippen molar-refractivity contribution in [3.05, 3.63) is 209 Å². The SMILES string of the molecule is CC1(C)c2ccccc2-c2c(N(c3ccccc3-c3cccc4cccc(C5CCCCC5)c34)c3cccc4c3-c3ccccc3C4(C)c3ccccc3)cccc21. The van der Waals surface area contributed by atoms with Gasteiger partial charge in [0.2, 0.25) is 0 Å². The molecule has 0 aromatic heterocycles. The Balaban J connectivity index is 1.24. The molecule has 1 nitrogen and oxygen atoms in total. The van der Waals surface area contributed by atoms with Gasteiger partial charge in [-0.1, -0.05) is 191 Å². The molecule has 1 saturated carbocycles. The monoisotopic (exact) mass is 747 g/mol. The molecule has 0 aliphatic heterocycles. The van der Waals surface area contributed by atoms with E-state index in [2.05, 4.69) is 202 Å². The summed E-state index contributed by atoms with van der Waals surface area (Å²) in [5.74, 6) is 0.586. The van der Waals surface area contributed by atoms with Crippen LogP contribution >= 0.6 is 0 Å². The standard InChI is InChI=1S/C57H49N/c1-56(2)46-31-13-10-27-44(46)54-48(56)33-18-36-51(54)58(52-37-19-34-49-55(52)45-28-11-14-32-47(45)57(49,3)40-24-8-5-9-25-40)50-35-15-12-26-42(50)43-30-17-23-39-22-16-29-41(53(39)43)38-20-6-4-7-21-38/h5,8-19,22-38H,4,6-7,20-21H2,1-3H3. The summed E-state index contributed by atoms with van der Waals surface area (Å²) in [4.78, 5) is 2.64. The first-order valence-electron chi connectivity index (χ1n) is 21.4. The van der Waals surface area contributed by atoms with Crippen LogP contribution in [-0.4, -0.2) is 0 Å². The van der Waals surface area contributed by atoms with Gasteiger partial charge in [0.15, 0.2) is 0 Å². The first-order valence-corrected chi connectivity index (χ1v) is 21.4. The number of benzene rings is 8. The second kappa shape index (κ2) is 13.5. The number of para-hydroxylation sites is 1. The largest absolute Gasteiger partial charge is 0.309 e. The van der Waals surface area contributed by atoms with E-state index < -0.39 is 0 Å². The Morgan fingerprint density at radius 2 is 0.931 bits per heavy atom. The lowest BCUT2D eigenvalue weighted by Gasteiger charge is -2.33. The second-order valence-electron chi connectivity index (χ2n) is 17.5. The van der Waals surface area contributed by atoms with Crippen LogP contribution < -0.4 is 4.90 Å². The van der Waals surface area contributed by atoms with Gasteiger partial charge < -0.3 is 4.90 Å². The molecular weight excluding hydrogens is 699 g/mol. The zero-order valence-corrected chi connectivity index (χ0v) is 33.8. The van der Waals surface area contributed by atoms with E-state index in [9.17, 15) is 0 Å². The van der Waals surface area contributed by atoms with Crippen LogP contribution in [0, 0.1) is 0 Å². The third-order valence-corrected chi connectivity index (χ3v) is 14.2. The molecule has 0 amide bonds. The number of hydrogen-bond acceptors (Lipinski definition) is 1. The van der Waals surface area contributed by atoms with Crippen molar-refractivity contribution >= 4 is 27.8 Å². The third kappa shape index (κ3) is 5.08. The number of nitrogens with zero attached hydrogens (tertiary/aromatic N) is 1. The summed E-state index contributed by atoms with van der Waals surface area (Å²) in [5, 5.41) is 2.74. The lowest BCUT2D eigenvalue weighted by Crippen LogP contribution is -2.22. The van der Waals surface area contributed by atoms with E-state index in [1.54, 1.807) is 0 Å². The topological polar surface area (TPSA) is 3.24 Å². The molecule has 3 aliphatic carbocycles. The second-order valence-corrected chi connectivity index (χ2v) is 17.5. The van der Waals surface area contributed by atoms with E-state index in [1.807, 2.05) is 0 Å². The molecule has 8 aromatic rings. The zero-order valence-electron chi connectivity index (χ0n) is 33.8. The van der Waals surface area contributed by atoms with Crippen molar-refractivity contribution < 1.29 is 0 Å².